The van der Waals surface area contributed by atoms with Crippen molar-refractivity contribution in [1.82, 2.24) is 0 Å². The topological polar surface area (TPSA) is 197 Å². The van der Waals surface area contributed by atoms with Gasteiger partial charge in [0, 0.05) is 0 Å². The molecule has 0 radical (unpaired) electrons. The van der Waals surface area contributed by atoms with Crippen molar-refractivity contribution in [2.24, 2.45) is 0 Å². The van der Waals surface area contributed by atoms with E-state index in [1.807, 2.05) is 0 Å². The summed E-state index contributed by atoms with van der Waals surface area (Å²) in [6, 6.07) is 7.35. The Balaban J connectivity index is 1.83. The fourth-order valence-electron chi connectivity index (χ4n) is 3.96. The largest absolute Gasteiger partial charge is 0.493 e. The van der Waals surface area contributed by atoms with Gasteiger partial charge in [-0.25, -0.2) is 0 Å². The van der Waals surface area contributed by atoms with Gasteiger partial charge in [-0.3, -0.25) is 0 Å². The third kappa shape index (κ3) is 6.22. The molecular formula is C25H34O13. The maximum absolute atomic E-state index is 11.0. The van der Waals surface area contributed by atoms with E-state index in [4.69, 9.17) is 28.4 Å². The lowest BCUT2D eigenvalue weighted by Crippen LogP contribution is -2.60. The van der Waals surface area contributed by atoms with E-state index >= 15 is 0 Å². The molecule has 13 heteroatoms. The summed E-state index contributed by atoms with van der Waals surface area (Å²) < 4.78 is 32.9. The van der Waals surface area contributed by atoms with Crippen molar-refractivity contribution in [3.63, 3.8) is 0 Å². The van der Waals surface area contributed by atoms with Gasteiger partial charge in [0.1, 0.15) is 30.5 Å². The highest BCUT2D eigenvalue weighted by Gasteiger charge is 2.45. The molecule has 2 unspecified atom stereocenters. The van der Waals surface area contributed by atoms with Crippen LogP contribution in [0.4, 0.5) is 0 Å². The zero-order valence-electron chi connectivity index (χ0n) is 21.1. The minimum atomic E-state index is -1.63. The summed E-state index contributed by atoms with van der Waals surface area (Å²) in [5, 5.41) is 70.1. The predicted octanol–water partition coefficient (Wildman–Crippen LogP) is -1.14. The van der Waals surface area contributed by atoms with Gasteiger partial charge in [0.2, 0.25) is 12.0 Å². The van der Waals surface area contributed by atoms with Crippen LogP contribution in [0, 0.1) is 0 Å². The highest BCUT2D eigenvalue weighted by molar-refractivity contribution is 5.54. The fourth-order valence-corrected chi connectivity index (χ4v) is 3.96. The molecule has 0 spiro atoms. The molecule has 13 nitrogen and oxygen atoms in total. The number of aliphatic hydroxyl groups is 7. The molecule has 0 amide bonds. The third-order valence-corrected chi connectivity index (χ3v) is 6.13. The van der Waals surface area contributed by atoms with Crippen molar-refractivity contribution in [3.05, 3.63) is 41.5 Å². The lowest BCUT2D eigenvalue weighted by atomic mass is 9.99. The first-order valence-electron chi connectivity index (χ1n) is 11.7. The van der Waals surface area contributed by atoms with Crippen molar-refractivity contribution >= 4 is 0 Å². The van der Waals surface area contributed by atoms with Crippen LogP contribution in [0.1, 0.15) is 17.2 Å². The second-order valence-corrected chi connectivity index (χ2v) is 8.50. The van der Waals surface area contributed by atoms with E-state index in [2.05, 4.69) is 0 Å². The fraction of sp³-hybridized carbons (Fsp3) is 0.520. The van der Waals surface area contributed by atoms with Gasteiger partial charge in [-0.15, -0.1) is 0 Å². The van der Waals surface area contributed by atoms with Gasteiger partial charge < -0.3 is 64.2 Å². The summed E-state index contributed by atoms with van der Waals surface area (Å²) in [5.74, 6) is 0.731. The van der Waals surface area contributed by atoms with Gasteiger partial charge in [-0.1, -0.05) is 6.07 Å². The van der Waals surface area contributed by atoms with Crippen LogP contribution in [-0.2, 0) is 11.3 Å². The molecule has 0 bridgehead atoms. The van der Waals surface area contributed by atoms with Gasteiger partial charge in [0.15, 0.2) is 29.1 Å². The zero-order chi connectivity index (χ0) is 28.0. The monoisotopic (exact) mass is 542 g/mol. The van der Waals surface area contributed by atoms with Crippen LogP contribution in [0.25, 0.3) is 0 Å². The number of hydrogen-bond donors (Lipinski definition) is 7. The molecule has 1 saturated heterocycles. The maximum Gasteiger partial charge on any atom is 0.229 e. The second-order valence-electron chi connectivity index (χ2n) is 8.50. The Morgan fingerprint density at radius 1 is 0.816 bits per heavy atom. The summed E-state index contributed by atoms with van der Waals surface area (Å²) in [6.07, 6.45) is -9.94. The number of ether oxygens (including phenoxy) is 6. The summed E-state index contributed by atoms with van der Waals surface area (Å²) in [6.45, 7) is -1.48. The molecule has 0 aromatic heterocycles. The average Bonchev–Trinajstić information content (AvgIpc) is 2.95. The van der Waals surface area contributed by atoms with Crippen molar-refractivity contribution in [2.45, 2.75) is 49.5 Å². The Kier molecular flexibility index (Phi) is 10.4. The first-order chi connectivity index (χ1) is 18.2. The molecule has 7 N–H and O–H groups in total. The Morgan fingerprint density at radius 2 is 1.45 bits per heavy atom. The smallest absolute Gasteiger partial charge is 0.229 e. The summed E-state index contributed by atoms with van der Waals surface area (Å²) in [4.78, 5) is 0. The average molecular weight is 543 g/mol. The lowest BCUT2D eigenvalue weighted by molar-refractivity contribution is -0.277. The summed E-state index contributed by atoms with van der Waals surface area (Å²) >= 11 is 0. The molecule has 1 aliphatic rings. The Labute approximate surface area is 218 Å². The van der Waals surface area contributed by atoms with Crippen molar-refractivity contribution in [1.29, 1.82) is 0 Å². The zero-order valence-corrected chi connectivity index (χ0v) is 21.1. The molecule has 1 fully saturated rings. The minimum Gasteiger partial charge on any atom is -0.493 e. The number of methoxy groups -OCH3 is 3. The van der Waals surface area contributed by atoms with Crippen LogP contribution >= 0.6 is 0 Å². The number of benzene rings is 2. The van der Waals surface area contributed by atoms with Gasteiger partial charge >= 0.3 is 0 Å². The van der Waals surface area contributed by atoms with E-state index < -0.39 is 56.1 Å². The van der Waals surface area contributed by atoms with Gasteiger partial charge in [0.25, 0.3) is 0 Å². The number of aliphatic hydroxyl groups excluding tert-OH is 7. The minimum absolute atomic E-state index is 0.0668. The molecule has 1 aliphatic heterocycles. The van der Waals surface area contributed by atoms with Crippen LogP contribution < -0.4 is 23.7 Å². The first-order valence-corrected chi connectivity index (χ1v) is 11.7. The van der Waals surface area contributed by atoms with Crippen LogP contribution in [0.15, 0.2) is 30.3 Å². The number of rotatable bonds is 12. The Hall–Kier alpha value is -2.88. The van der Waals surface area contributed by atoms with E-state index in [9.17, 15) is 35.7 Å². The molecule has 0 aliphatic carbocycles. The van der Waals surface area contributed by atoms with E-state index in [-0.39, 0.29) is 40.9 Å². The molecule has 0 saturated carbocycles. The first kappa shape index (κ1) is 29.7. The van der Waals surface area contributed by atoms with Crippen LogP contribution in [0.5, 0.6) is 28.7 Å². The van der Waals surface area contributed by atoms with Crippen molar-refractivity contribution in [2.75, 3.05) is 34.5 Å². The van der Waals surface area contributed by atoms with Crippen molar-refractivity contribution < 1.29 is 64.2 Å². The molecule has 1 heterocycles. The molecular weight excluding hydrogens is 508 g/mol. The van der Waals surface area contributed by atoms with Crippen LogP contribution in [0.2, 0.25) is 0 Å². The highest BCUT2D eigenvalue weighted by Crippen LogP contribution is 2.41. The van der Waals surface area contributed by atoms with Crippen molar-refractivity contribution in [3.8, 4) is 28.7 Å². The standard InChI is InChI=1S/C25H34O13/c1-33-15-8-13(4-5-14(15)37-25-23(32)22(31)21(30)19(11-28)38-25)20(29)18(10-27)36-24-16(34-2)6-12(9-26)7-17(24)35-3/h4-8,18-23,25-32H,9-11H2,1-3H3/t18?,19-,20?,21-,22+,23-,25-/m1/s1. The third-order valence-electron chi connectivity index (χ3n) is 6.13. The predicted molar refractivity (Wildman–Crippen MR) is 129 cm³/mol. The summed E-state index contributed by atoms with van der Waals surface area (Å²) in [5.41, 5.74) is 0.777. The molecule has 2 aromatic carbocycles. The Morgan fingerprint density at radius 3 is 1.97 bits per heavy atom. The van der Waals surface area contributed by atoms with Gasteiger partial charge in [-0.2, -0.15) is 0 Å². The van der Waals surface area contributed by atoms with Crippen LogP contribution in [-0.4, -0.2) is 107 Å². The molecule has 7 atom stereocenters. The molecule has 38 heavy (non-hydrogen) atoms. The lowest BCUT2D eigenvalue weighted by Gasteiger charge is -2.39. The molecule has 2 aromatic rings. The summed E-state index contributed by atoms with van der Waals surface area (Å²) in [7, 11) is 4.13. The Bertz CT molecular complexity index is 1020. The van der Waals surface area contributed by atoms with E-state index in [1.165, 1.54) is 51.7 Å². The number of hydrogen-bond acceptors (Lipinski definition) is 13. The normalized spacial score (nSPS) is 24.8. The molecule has 3 rings (SSSR count). The van der Waals surface area contributed by atoms with Crippen LogP contribution in [0.3, 0.4) is 0 Å². The van der Waals surface area contributed by atoms with E-state index in [1.54, 1.807) is 0 Å². The quantitative estimate of drug-likeness (QED) is 0.170. The van der Waals surface area contributed by atoms with Gasteiger partial charge in [-0.05, 0) is 35.4 Å². The van der Waals surface area contributed by atoms with Gasteiger partial charge in [0.05, 0.1) is 41.2 Å². The van der Waals surface area contributed by atoms with E-state index in [0.29, 0.717) is 5.56 Å². The maximum atomic E-state index is 11.0. The SMILES string of the molecule is COc1cc(C(O)C(CO)Oc2c(OC)cc(CO)cc2OC)ccc1O[C@@H]1O[C@H](CO)[C@@H](O)[C@H](O)[C@H]1O. The molecule has 212 valence electrons. The van der Waals surface area contributed by atoms with E-state index in [0.717, 1.165) is 0 Å². The highest BCUT2D eigenvalue weighted by atomic mass is 16.7. The second kappa shape index (κ2) is 13.3.